The van der Waals surface area contributed by atoms with Gasteiger partial charge in [-0.25, -0.2) is 0 Å². The van der Waals surface area contributed by atoms with Crippen molar-refractivity contribution >= 4 is 23.5 Å². The van der Waals surface area contributed by atoms with Crippen LogP contribution in [0.5, 0.6) is 0 Å². The lowest BCUT2D eigenvalue weighted by Crippen LogP contribution is -2.41. The van der Waals surface area contributed by atoms with Gasteiger partial charge in [-0.3, -0.25) is 14.6 Å². The third-order valence-corrected chi connectivity index (χ3v) is 4.42. The van der Waals surface area contributed by atoms with Crippen LogP contribution < -0.4 is 11.0 Å². The summed E-state index contributed by atoms with van der Waals surface area (Å²) in [6, 6.07) is 5.61. The Kier molecular flexibility index (Phi) is 2.69. The van der Waals surface area contributed by atoms with Crippen molar-refractivity contribution < 1.29 is 9.31 Å². The van der Waals surface area contributed by atoms with Crippen LogP contribution in [0.4, 0.5) is 0 Å². The van der Waals surface area contributed by atoms with Crippen LogP contribution in [-0.2, 0) is 16.4 Å². The molecular formula is C14H19BN2O3. The summed E-state index contributed by atoms with van der Waals surface area (Å²) in [6.07, 6.45) is 0. The summed E-state index contributed by atoms with van der Waals surface area (Å²) in [4.78, 5) is 11.9. The Morgan fingerprint density at radius 1 is 1.15 bits per heavy atom. The first-order chi connectivity index (χ1) is 9.23. The molecule has 2 aromatic rings. The number of nitrogens with one attached hydrogen (secondary N) is 1. The number of aryl methyl sites for hydroxylation is 1. The first-order valence-corrected chi connectivity index (χ1v) is 6.76. The van der Waals surface area contributed by atoms with Crippen LogP contribution in [0.15, 0.2) is 23.0 Å². The van der Waals surface area contributed by atoms with Gasteiger partial charge in [0.05, 0.1) is 22.1 Å². The van der Waals surface area contributed by atoms with E-state index in [1.54, 1.807) is 4.68 Å². The monoisotopic (exact) mass is 274 g/mol. The number of aromatic amines is 1. The number of para-hydroxylation sites is 1. The zero-order valence-electron chi connectivity index (χ0n) is 12.5. The van der Waals surface area contributed by atoms with E-state index in [0.29, 0.717) is 5.39 Å². The van der Waals surface area contributed by atoms with E-state index in [0.717, 1.165) is 11.0 Å². The number of hydrogen-bond acceptors (Lipinski definition) is 3. The number of nitrogens with zero attached hydrogens (tertiary/aromatic N) is 1. The predicted molar refractivity (Wildman–Crippen MR) is 79.3 cm³/mol. The molecule has 0 spiro atoms. The van der Waals surface area contributed by atoms with Gasteiger partial charge < -0.3 is 9.31 Å². The van der Waals surface area contributed by atoms with Crippen molar-refractivity contribution in [3.8, 4) is 0 Å². The second kappa shape index (κ2) is 3.99. The van der Waals surface area contributed by atoms with E-state index in [9.17, 15) is 4.79 Å². The number of H-pyrrole nitrogens is 1. The minimum atomic E-state index is -0.468. The molecule has 0 bridgehead atoms. The highest BCUT2D eigenvalue weighted by Gasteiger charge is 2.52. The molecule has 0 atom stereocenters. The van der Waals surface area contributed by atoms with Gasteiger partial charge in [-0.2, -0.15) is 0 Å². The zero-order valence-corrected chi connectivity index (χ0v) is 12.5. The van der Waals surface area contributed by atoms with Crippen molar-refractivity contribution in [1.29, 1.82) is 0 Å². The fourth-order valence-corrected chi connectivity index (χ4v) is 2.55. The summed E-state index contributed by atoms with van der Waals surface area (Å²) in [7, 11) is 1.35. The molecule has 6 heteroatoms. The number of aromatic nitrogens is 2. The Balaban J connectivity index is 2.16. The lowest BCUT2D eigenvalue weighted by atomic mass is 9.78. The average Bonchev–Trinajstić information content (AvgIpc) is 2.74. The van der Waals surface area contributed by atoms with Gasteiger partial charge in [-0.05, 0) is 33.8 Å². The van der Waals surface area contributed by atoms with Gasteiger partial charge in [0.1, 0.15) is 0 Å². The van der Waals surface area contributed by atoms with Crippen LogP contribution in [-0.4, -0.2) is 28.1 Å². The van der Waals surface area contributed by atoms with Crippen LogP contribution in [0.1, 0.15) is 27.7 Å². The maximum absolute atomic E-state index is 11.9. The maximum Gasteiger partial charge on any atom is 0.497 e. The van der Waals surface area contributed by atoms with Gasteiger partial charge in [0.15, 0.2) is 0 Å². The Morgan fingerprint density at radius 3 is 2.35 bits per heavy atom. The molecule has 0 unspecified atom stereocenters. The highest BCUT2D eigenvalue weighted by molar-refractivity contribution is 6.65. The van der Waals surface area contributed by atoms with E-state index in [-0.39, 0.29) is 5.56 Å². The predicted octanol–water partition coefficient (Wildman–Crippen LogP) is 1.17. The van der Waals surface area contributed by atoms with E-state index in [2.05, 4.69) is 5.10 Å². The number of fused-ring (bicyclic) bond motifs is 1. The number of hydrogen-bond donors (Lipinski definition) is 1. The molecule has 3 rings (SSSR count). The largest absolute Gasteiger partial charge is 0.497 e. The molecule has 5 nitrogen and oxygen atoms in total. The van der Waals surface area contributed by atoms with E-state index in [1.165, 1.54) is 0 Å². The van der Waals surface area contributed by atoms with Gasteiger partial charge in [0.25, 0.3) is 5.56 Å². The summed E-state index contributed by atoms with van der Waals surface area (Å²) in [5.74, 6) is 0. The summed E-state index contributed by atoms with van der Waals surface area (Å²) in [6.45, 7) is 8.07. The molecule has 1 aliphatic rings. The van der Waals surface area contributed by atoms with Crippen LogP contribution in [0.25, 0.3) is 10.9 Å². The molecule has 20 heavy (non-hydrogen) atoms. The van der Waals surface area contributed by atoms with Crippen molar-refractivity contribution in [3.05, 3.63) is 28.6 Å². The van der Waals surface area contributed by atoms with Crippen LogP contribution in [0.3, 0.4) is 0 Å². The van der Waals surface area contributed by atoms with Crippen molar-refractivity contribution in [3.63, 3.8) is 0 Å². The van der Waals surface area contributed by atoms with Crippen LogP contribution >= 0.6 is 0 Å². The van der Waals surface area contributed by atoms with Crippen molar-refractivity contribution in [2.75, 3.05) is 0 Å². The highest BCUT2D eigenvalue weighted by Crippen LogP contribution is 2.36. The molecule has 0 aliphatic carbocycles. The SMILES string of the molecule is Cn1[nH]c(=O)c2cccc(B3OC(C)(C)C(C)(C)O3)c21. The quantitative estimate of drug-likeness (QED) is 0.794. The van der Waals surface area contributed by atoms with Crippen molar-refractivity contribution in [2.24, 2.45) is 7.05 Å². The molecule has 0 saturated carbocycles. The highest BCUT2D eigenvalue weighted by atomic mass is 16.7. The van der Waals surface area contributed by atoms with E-state index in [4.69, 9.17) is 9.31 Å². The molecule has 1 aromatic carbocycles. The zero-order chi connectivity index (χ0) is 14.7. The van der Waals surface area contributed by atoms with Crippen molar-refractivity contribution in [1.82, 2.24) is 9.78 Å². The van der Waals surface area contributed by atoms with Crippen molar-refractivity contribution in [2.45, 2.75) is 38.9 Å². The fourth-order valence-electron chi connectivity index (χ4n) is 2.55. The molecular weight excluding hydrogens is 255 g/mol. The second-order valence-corrected chi connectivity index (χ2v) is 6.33. The van der Waals surface area contributed by atoms with E-state index >= 15 is 0 Å². The third-order valence-electron chi connectivity index (χ3n) is 4.42. The molecule has 106 valence electrons. The standard InChI is InChI=1S/C14H19BN2O3/c1-13(2)14(3,4)20-15(19-13)10-8-6-7-9-11(10)17(5)16-12(9)18/h6-8H,1-5H3,(H,16,18). The molecule has 1 saturated heterocycles. The van der Waals surface area contributed by atoms with Gasteiger partial charge in [0, 0.05) is 12.5 Å². The lowest BCUT2D eigenvalue weighted by molar-refractivity contribution is 0.00578. The Morgan fingerprint density at radius 2 is 1.75 bits per heavy atom. The van der Waals surface area contributed by atoms with E-state index < -0.39 is 18.3 Å². The maximum atomic E-state index is 11.9. The number of rotatable bonds is 1. The first kappa shape index (κ1) is 13.5. The summed E-state index contributed by atoms with van der Waals surface area (Å²) < 4.78 is 13.9. The summed E-state index contributed by atoms with van der Waals surface area (Å²) >= 11 is 0. The molecule has 2 heterocycles. The lowest BCUT2D eigenvalue weighted by Gasteiger charge is -2.32. The fraction of sp³-hybridized carbons (Fsp3) is 0.500. The summed E-state index contributed by atoms with van der Waals surface area (Å²) in [5.41, 5.74) is 0.822. The van der Waals surface area contributed by atoms with Crippen LogP contribution in [0, 0.1) is 0 Å². The van der Waals surface area contributed by atoms with Gasteiger partial charge >= 0.3 is 7.12 Å². The Hall–Kier alpha value is -1.53. The first-order valence-electron chi connectivity index (χ1n) is 6.76. The minimum absolute atomic E-state index is 0.0964. The summed E-state index contributed by atoms with van der Waals surface area (Å²) in [5, 5.41) is 3.42. The van der Waals surface area contributed by atoms with Gasteiger partial charge in [-0.1, -0.05) is 12.1 Å². The minimum Gasteiger partial charge on any atom is -0.399 e. The van der Waals surface area contributed by atoms with E-state index in [1.807, 2.05) is 52.9 Å². The van der Waals surface area contributed by atoms with Gasteiger partial charge in [0.2, 0.25) is 0 Å². The molecule has 1 fully saturated rings. The average molecular weight is 274 g/mol. The Bertz CT molecular complexity index is 714. The second-order valence-electron chi connectivity index (χ2n) is 6.33. The third kappa shape index (κ3) is 1.75. The molecule has 1 aromatic heterocycles. The molecule has 1 N–H and O–H groups in total. The van der Waals surface area contributed by atoms with Gasteiger partial charge in [-0.15, -0.1) is 0 Å². The number of benzene rings is 1. The topological polar surface area (TPSA) is 56.2 Å². The normalized spacial score (nSPS) is 20.8. The van der Waals surface area contributed by atoms with Crippen LogP contribution in [0.2, 0.25) is 0 Å². The Labute approximate surface area is 118 Å². The molecule has 0 amide bonds. The smallest absolute Gasteiger partial charge is 0.399 e. The molecule has 0 radical (unpaired) electrons. The molecule has 1 aliphatic heterocycles.